The molecule has 1 aliphatic heterocycles. The molecule has 148 valence electrons. The highest BCUT2D eigenvalue weighted by molar-refractivity contribution is 6.07. The van der Waals surface area contributed by atoms with E-state index in [1.165, 1.54) is 6.92 Å². The minimum atomic E-state index is -1.25. The second kappa shape index (κ2) is 7.89. The molecule has 2 N–H and O–H groups in total. The number of likely N-dealkylation sites (tertiary alicyclic amines) is 1. The number of allylic oxidation sites excluding steroid dienone is 2. The number of hydrogen-bond acceptors (Lipinski definition) is 6. The molecule has 9 nitrogen and oxygen atoms in total. The molecule has 3 atom stereocenters. The van der Waals surface area contributed by atoms with Gasteiger partial charge in [0.05, 0.1) is 11.8 Å². The van der Waals surface area contributed by atoms with Crippen molar-refractivity contribution in [2.75, 3.05) is 6.54 Å². The number of fused-ring (bicyclic) bond motifs is 1. The second-order valence-electron chi connectivity index (χ2n) is 7.74. The van der Waals surface area contributed by atoms with Crippen molar-refractivity contribution in [2.24, 2.45) is 11.8 Å². The predicted octanol–water partition coefficient (Wildman–Crippen LogP) is 0.494. The lowest BCUT2D eigenvalue weighted by Gasteiger charge is -2.21. The highest BCUT2D eigenvalue weighted by atomic mass is 16.5. The zero-order valence-corrected chi connectivity index (χ0v) is 15.9. The molecule has 27 heavy (non-hydrogen) atoms. The summed E-state index contributed by atoms with van der Waals surface area (Å²) in [5.41, 5.74) is -0.535. The van der Waals surface area contributed by atoms with Gasteiger partial charge in [-0.05, 0) is 40.5 Å². The van der Waals surface area contributed by atoms with Gasteiger partial charge in [-0.15, -0.1) is 0 Å². The first kappa shape index (κ1) is 20.6. The maximum Gasteiger partial charge on any atom is 0.326 e. The number of carbonyl (C=O) groups is 5. The molecule has 0 spiro atoms. The molecule has 1 aliphatic carbocycles. The number of imide groups is 2. The van der Waals surface area contributed by atoms with E-state index < -0.39 is 59.7 Å². The van der Waals surface area contributed by atoms with Crippen molar-refractivity contribution in [2.45, 2.75) is 52.2 Å². The van der Waals surface area contributed by atoms with Crippen LogP contribution >= 0.6 is 0 Å². The molecule has 1 saturated heterocycles. The summed E-state index contributed by atoms with van der Waals surface area (Å²) < 4.78 is 4.96. The molecule has 0 saturated carbocycles. The minimum Gasteiger partial charge on any atom is -0.451 e. The fourth-order valence-corrected chi connectivity index (χ4v) is 3.03. The Hall–Kier alpha value is -2.71. The summed E-state index contributed by atoms with van der Waals surface area (Å²) >= 11 is 0. The first-order valence-electron chi connectivity index (χ1n) is 8.82. The van der Waals surface area contributed by atoms with Crippen LogP contribution in [0.4, 0.5) is 4.79 Å². The molecule has 2 aliphatic rings. The number of nitrogens with zero attached hydrogens (tertiary/aromatic N) is 1. The fourth-order valence-electron chi connectivity index (χ4n) is 3.03. The van der Waals surface area contributed by atoms with Gasteiger partial charge >= 0.3 is 12.0 Å². The molecule has 1 fully saturated rings. The molecular weight excluding hydrogens is 354 g/mol. The lowest BCUT2D eigenvalue weighted by molar-refractivity contribution is -0.159. The molecule has 0 bridgehead atoms. The summed E-state index contributed by atoms with van der Waals surface area (Å²) in [6.45, 7) is 6.00. The number of nitrogens with one attached hydrogen (secondary N) is 2. The van der Waals surface area contributed by atoms with Gasteiger partial charge in [0.2, 0.25) is 11.8 Å². The van der Waals surface area contributed by atoms with Crippen molar-refractivity contribution in [3.05, 3.63) is 12.2 Å². The highest BCUT2D eigenvalue weighted by Gasteiger charge is 2.47. The molecule has 0 aromatic rings. The van der Waals surface area contributed by atoms with Gasteiger partial charge in [-0.3, -0.25) is 29.4 Å². The van der Waals surface area contributed by atoms with E-state index in [-0.39, 0.29) is 0 Å². The van der Waals surface area contributed by atoms with Crippen molar-refractivity contribution >= 4 is 29.7 Å². The molecular formula is C18H25N3O6. The topological polar surface area (TPSA) is 122 Å². The molecule has 0 aromatic heterocycles. The van der Waals surface area contributed by atoms with Crippen molar-refractivity contribution in [3.63, 3.8) is 0 Å². The number of urea groups is 1. The Morgan fingerprint density at radius 2 is 1.67 bits per heavy atom. The van der Waals surface area contributed by atoms with Gasteiger partial charge in [0.25, 0.3) is 5.91 Å². The number of hydrogen-bond donors (Lipinski definition) is 2. The van der Waals surface area contributed by atoms with E-state index in [0.29, 0.717) is 12.8 Å². The normalized spacial score (nSPS) is 22.9. The molecule has 0 unspecified atom stereocenters. The minimum absolute atomic E-state index is 0.395. The zero-order valence-electron chi connectivity index (χ0n) is 15.9. The summed E-state index contributed by atoms with van der Waals surface area (Å²) in [5.74, 6) is -3.35. The van der Waals surface area contributed by atoms with E-state index in [9.17, 15) is 24.0 Å². The highest BCUT2D eigenvalue weighted by Crippen LogP contribution is 2.34. The Bertz CT molecular complexity index is 668. The Kier molecular flexibility index (Phi) is 6.02. The van der Waals surface area contributed by atoms with Gasteiger partial charge in [0.15, 0.2) is 6.10 Å². The van der Waals surface area contributed by atoms with Gasteiger partial charge < -0.3 is 10.1 Å². The summed E-state index contributed by atoms with van der Waals surface area (Å²) in [4.78, 5) is 61.2. The van der Waals surface area contributed by atoms with Crippen molar-refractivity contribution in [1.29, 1.82) is 0 Å². The van der Waals surface area contributed by atoms with E-state index >= 15 is 0 Å². The first-order chi connectivity index (χ1) is 12.5. The third kappa shape index (κ3) is 5.15. The van der Waals surface area contributed by atoms with Crippen LogP contribution in [0.3, 0.4) is 0 Å². The van der Waals surface area contributed by atoms with Gasteiger partial charge in [-0.1, -0.05) is 12.2 Å². The van der Waals surface area contributed by atoms with Crippen LogP contribution in [-0.4, -0.2) is 52.8 Å². The van der Waals surface area contributed by atoms with Gasteiger partial charge in [0, 0.05) is 5.54 Å². The van der Waals surface area contributed by atoms with Crippen molar-refractivity contribution in [3.8, 4) is 0 Å². The van der Waals surface area contributed by atoms with E-state index in [2.05, 4.69) is 10.6 Å². The third-order valence-electron chi connectivity index (χ3n) is 4.29. The lowest BCUT2D eigenvalue weighted by atomic mass is 9.85. The summed E-state index contributed by atoms with van der Waals surface area (Å²) in [7, 11) is 0. The SMILES string of the molecule is C[C@H](OC(=O)CN1C(=O)[C@H]2CC=CC[C@@H]2C1=O)C(=O)NC(=O)NC(C)(C)C. The van der Waals surface area contributed by atoms with Crippen LogP contribution in [-0.2, 0) is 23.9 Å². The van der Waals surface area contributed by atoms with Gasteiger partial charge in [-0.2, -0.15) is 0 Å². The molecule has 9 heteroatoms. The van der Waals surface area contributed by atoms with Crippen LogP contribution in [0.1, 0.15) is 40.5 Å². The number of rotatable bonds is 4. The number of esters is 1. The molecule has 0 radical (unpaired) electrons. The summed E-state index contributed by atoms with van der Waals surface area (Å²) in [6, 6.07) is -0.711. The standard InChI is InChI=1S/C18H25N3O6/c1-10(14(23)19-17(26)20-18(2,3)4)27-13(22)9-21-15(24)11-7-5-6-8-12(11)16(21)25/h5-6,10-12H,7-9H2,1-4H3,(H2,19,20,23,26)/t10-,11-,12-/m0/s1. The smallest absolute Gasteiger partial charge is 0.326 e. The quantitative estimate of drug-likeness (QED) is 0.417. The monoisotopic (exact) mass is 379 g/mol. The van der Waals surface area contributed by atoms with Crippen LogP contribution < -0.4 is 10.6 Å². The number of carbonyl (C=O) groups excluding carboxylic acids is 5. The lowest BCUT2D eigenvalue weighted by Crippen LogP contribution is -2.51. The van der Waals surface area contributed by atoms with Crippen LogP contribution in [0.2, 0.25) is 0 Å². The fraction of sp³-hybridized carbons (Fsp3) is 0.611. The molecule has 1 heterocycles. The van der Waals surface area contributed by atoms with E-state index in [1.54, 1.807) is 20.8 Å². The van der Waals surface area contributed by atoms with Crippen LogP contribution in [0.25, 0.3) is 0 Å². The Labute approximate surface area is 157 Å². The van der Waals surface area contributed by atoms with Crippen molar-refractivity contribution < 1.29 is 28.7 Å². The van der Waals surface area contributed by atoms with E-state index in [0.717, 1.165) is 4.90 Å². The van der Waals surface area contributed by atoms with Crippen LogP contribution in [0.5, 0.6) is 0 Å². The average Bonchev–Trinajstić information content (AvgIpc) is 2.78. The Morgan fingerprint density at radius 3 is 2.15 bits per heavy atom. The van der Waals surface area contributed by atoms with Gasteiger partial charge in [0.1, 0.15) is 6.54 Å². The predicted molar refractivity (Wildman–Crippen MR) is 94.1 cm³/mol. The maximum absolute atomic E-state index is 12.3. The number of amides is 5. The Morgan fingerprint density at radius 1 is 1.15 bits per heavy atom. The second-order valence-corrected chi connectivity index (χ2v) is 7.74. The van der Waals surface area contributed by atoms with Crippen molar-refractivity contribution in [1.82, 2.24) is 15.5 Å². The molecule has 2 rings (SSSR count). The van der Waals surface area contributed by atoms with Crippen LogP contribution in [0.15, 0.2) is 12.2 Å². The summed E-state index contributed by atoms with van der Waals surface area (Å²) in [5, 5.41) is 4.61. The van der Waals surface area contributed by atoms with E-state index in [1.807, 2.05) is 12.2 Å². The average molecular weight is 379 g/mol. The molecule has 0 aromatic carbocycles. The summed E-state index contributed by atoms with van der Waals surface area (Å²) in [6.07, 6.45) is 3.40. The largest absolute Gasteiger partial charge is 0.451 e. The maximum atomic E-state index is 12.3. The van der Waals surface area contributed by atoms with E-state index in [4.69, 9.17) is 4.74 Å². The number of ether oxygens (including phenoxy) is 1. The van der Waals surface area contributed by atoms with Gasteiger partial charge in [-0.25, -0.2) is 4.79 Å². The Balaban J connectivity index is 1.86. The van der Waals surface area contributed by atoms with Crippen LogP contribution in [0, 0.1) is 11.8 Å². The molecule has 5 amide bonds. The first-order valence-corrected chi connectivity index (χ1v) is 8.82. The third-order valence-corrected chi connectivity index (χ3v) is 4.29. The zero-order chi connectivity index (χ0) is 20.4.